The van der Waals surface area contributed by atoms with Crippen molar-refractivity contribution < 1.29 is 39.8 Å². The quantitative estimate of drug-likeness (QED) is 0.222. The molecule has 1 heterocycles. The van der Waals surface area contributed by atoms with Gasteiger partial charge < -0.3 is 40.3 Å². The fraction of sp³-hybridized carbons (Fsp3) is 0.846. The molecule has 0 aromatic rings. The van der Waals surface area contributed by atoms with E-state index in [2.05, 4.69) is 5.32 Å². The summed E-state index contributed by atoms with van der Waals surface area (Å²) in [6.45, 7) is 2.26. The largest absolute Gasteiger partial charge is 0.462 e. The SMILES string of the molecule is CCOC(=O)[C@]1(O)C[C@H](O)[C@@H](NC(C)=S)[C@H]([C@H](O)[C@H](O)CO)O1. The van der Waals surface area contributed by atoms with Crippen LogP contribution in [0.1, 0.15) is 20.3 Å². The minimum absolute atomic E-state index is 0.0200. The summed E-state index contributed by atoms with van der Waals surface area (Å²) in [4.78, 5) is 12.1. The molecule has 1 fully saturated rings. The molecule has 1 aliphatic rings. The molecule has 0 aliphatic carbocycles. The predicted molar refractivity (Wildman–Crippen MR) is 81.4 cm³/mol. The Morgan fingerprint density at radius 2 is 2.13 bits per heavy atom. The molecule has 1 rings (SSSR count). The Balaban J connectivity index is 3.08. The normalized spacial score (nSPS) is 33.6. The summed E-state index contributed by atoms with van der Waals surface area (Å²) in [5.74, 6) is -3.60. The minimum atomic E-state index is -2.48. The maximum atomic E-state index is 11.9. The molecule has 23 heavy (non-hydrogen) atoms. The Morgan fingerprint density at radius 1 is 1.52 bits per heavy atom. The number of thiocarbonyl (C=S) groups is 1. The molecule has 1 saturated heterocycles. The van der Waals surface area contributed by atoms with E-state index in [0.29, 0.717) is 0 Å². The van der Waals surface area contributed by atoms with Crippen LogP contribution in [0.3, 0.4) is 0 Å². The van der Waals surface area contributed by atoms with E-state index >= 15 is 0 Å². The van der Waals surface area contributed by atoms with Gasteiger partial charge in [-0.15, -0.1) is 0 Å². The number of nitrogens with one attached hydrogen (secondary N) is 1. The van der Waals surface area contributed by atoms with Crippen LogP contribution in [0, 0.1) is 0 Å². The van der Waals surface area contributed by atoms with Crippen LogP contribution in [-0.2, 0) is 14.3 Å². The van der Waals surface area contributed by atoms with Gasteiger partial charge >= 0.3 is 5.97 Å². The highest BCUT2D eigenvalue weighted by atomic mass is 32.1. The molecule has 0 amide bonds. The van der Waals surface area contributed by atoms with Crippen LogP contribution in [0.2, 0.25) is 0 Å². The molecule has 10 heteroatoms. The van der Waals surface area contributed by atoms with Crippen molar-refractivity contribution in [3.05, 3.63) is 0 Å². The predicted octanol–water partition coefficient (Wildman–Crippen LogP) is -2.59. The van der Waals surface area contributed by atoms with Crippen molar-refractivity contribution >= 4 is 23.2 Å². The summed E-state index contributed by atoms with van der Waals surface area (Å²) < 4.78 is 9.93. The summed E-state index contributed by atoms with van der Waals surface area (Å²) >= 11 is 4.89. The summed E-state index contributed by atoms with van der Waals surface area (Å²) in [5, 5.41) is 51.9. The highest BCUT2D eigenvalue weighted by Gasteiger charge is 2.54. The van der Waals surface area contributed by atoms with Gasteiger partial charge in [0.15, 0.2) is 0 Å². The summed E-state index contributed by atoms with van der Waals surface area (Å²) in [6, 6.07) is -1.00. The zero-order valence-corrected chi connectivity index (χ0v) is 13.7. The van der Waals surface area contributed by atoms with E-state index in [1.807, 2.05) is 0 Å². The Morgan fingerprint density at radius 3 is 2.61 bits per heavy atom. The zero-order valence-electron chi connectivity index (χ0n) is 12.9. The Hall–Kier alpha value is -0.880. The molecule has 0 aromatic heterocycles. The molecule has 0 bridgehead atoms. The van der Waals surface area contributed by atoms with Crippen LogP contribution >= 0.6 is 12.2 Å². The summed E-state index contributed by atoms with van der Waals surface area (Å²) in [5.41, 5.74) is 0. The second-order valence-corrected chi connectivity index (χ2v) is 5.94. The van der Waals surface area contributed by atoms with Crippen LogP contribution in [0.4, 0.5) is 0 Å². The Kier molecular flexibility index (Phi) is 7.27. The van der Waals surface area contributed by atoms with Gasteiger partial charge in [-0.25, -0.2) is 4.79 Å². The Labute approximate surface area is 138 Å². The third-order valence-corrected chi connectivity index (χ3v) is 3.59. The van der Waals surface area contributed by atoms with Gasteiger partial charge in [0.1, 0.15) is 18.3 Å². The maximum absolute atomic E-state index is 11.9. The van der Waals surface area contributed by atoms with E-state index in [1.54, 1.807) is 0 Å². The van der Waals surface area contributed by atoms with E-state index in [0.717, 1.165) is 0 Å². The first-order valence-corrected chi connectivity index (χ1v) is 7.56. The number of carbonyl (C=O) groups excluding carboxylic acids is 1. The van der Waals surface area contributed by atoms with E-state index in [-0.39, 0.29) is 11.6 Å². The number of esters is 1. The molecule has 0 saturated carbocycles. The van der Waals surface area contributed by atoms with Gasteiger partial charge in [0, 0.05) is 6.42 Å². The standard InChI is InChI=1S/C13H23NO8S/c1-3-21-12(19)13(20)4-7(16)9(14-6(2)23)11(22-13)10(18)8(17)5-15/h7-11,15-18,20H,3-5H2,1-2H3,(H,14,23)/t7-,8+,9+,10+,11+,13-/m0/s1. The van der Waals surface area contributed by atoms with Crippen molar-refractivity contribution in [1.29, 1.82) is 0 Å². The number of hydrogen-bond acceptors (Lipinski definition) is 9. The van der Waals surface area contributed by atoms with Crippen LogP contribution in [-0.4, -0.2) is 85.9 Å². The topological polar surface area (TPSA) is 149 Å². The second kappa shape index (κ2) is 8.29. The zero-order chi connectivity index (χ0) is 17.8. The highest BCUT2D eigenvalue weighted by molar-refractivity contribution is 7.80. The summed E-state index contributed by atoms with van der Waals surface area (Å²) in [6.07, 6.45) is -6.56. The van der Waals surface area contributed by atoms with Crippen molar-refractivity contribution in [2.24, 2.45) is 0 Å². The number of hydrogen-bond donors (Lipinski definition) is 6. The lowest BCUT2D eigenvalue weighted by Crippen LogP contribution is -2.67. The van der Waals surface area contributed by atoms with Crippen molar-refractivity contribution in [1.82, 2.24) is 5.32 Å². The minimum Gasteiger partial charge on any atom is -0.462 e. The molecule has 0 radical (unpaired) electrons. The van der Waals surface area contributed by atoms with Gasteiger partial charge in [-0.2, -0.15) is 0 Å². The third-order valence-electron chi connectivity index (χ3n) is 3.47. The second-order valence-electron chi connectivity index (χ2n) is 5.33. The lowest BCUT2D eigenvalue weighted by Gasteiger charge is -2.45. The lowest BCUT2D eigenvalue weighted by atomic mass is 9.88. The lowest BCUT2D eigenvalue weighted by molar-refractivity contribution is -0.296. The van der Waals surface area contributed by atoms with Gasteiger partial charge in [0.2, 0.25) is 0 Å². The molecule has 9 nitrogen and oxygen atoms in total. The smallest absolute Gasteiger partial charge is 0.366 e. The average Bonchev–Trinajstić information content (AvgIpc) is 2.48. The average molecular weight is 353 g/mol. The van der Waals surface area contributed by atoms with Gasteiger partial charge in [0.25, 0.3) is 5.79 Å². The van der Waals surface area contributed by atoms with Crippen molar-refractivity contribution in [2.75, 3.05) is 13.2 Å². The van der Waals surface area contributed by atoms with Crippen molar-refractivity contribution in [3.63, 3.8) is 0 Å². The third kappa shape index (κ3) is 4.80. The molecular weight excluding hydrogens is 330 g/mol. The number of aliphatic hydroxyl groups is 5. The van der Waals surface area contributed by atoms with Crippen molar-refractivity contribution in [2.45, 2.75) is 56.5 Å². The molecule has 0 spiro atoms. The molecule has 6 atom stereocenters. The molecule has 0 unspecified atom stereocenters. The van der Waals surface area contributed by atoms with Crippen LogP contribution in [0.5, 0.6) is 0 Å². The van der Waals surface area contributed by atoms with Gasteiger partial charge in [0.05, 0.1) is 30.3 Å². The van der Waals surface area contributed by atoms with Crippen molar-refractivity contribution in [3.8, 4) is 0 Å². The molecular formula is C13H23NO8S. The van der Waals surface area contributed by atoms with E-state index in [4.69, 9.17) is 26.8 Å². The monoisotopic (exact) mass is 353 g/mol. The molecule has 0 aromatic carbocycles. The number of carbonyl (C=O) groups is 1. The fourth-order valence-electron chi connectivity index (χ4n) is 2.37. The van der Waals surface area contributed by atoms with Crippen LogP contribution in [0.15, 0.2) is 0 Å². The molecule has 6 N–H and O–H groups in total. The number of rotatable bonds is 6. The fourth-order valence-corrected chi connectivity index (χ4v) is 2.51. The van der Waals surface area contributed by atoms with Crippen LogP contribution < -0.4 is 5.32 Å². The summed E-state index contributed by atoms with van der Waals surface area (Å²) in [7, 11) is 0. The maximum Gasteiger partial charge on any atom is 0.366 e. The molecule has 1 aliphatic heterocycles. The van der Waals surface area contributed by atoms with E-state index in [9.17, 15) is 25.2 Å². The Bertz CT molecular complexity index is 436. The first kappa shape index (κ1) is 20.2. The highest BCUT2D eigenvalue weighted by Crippen LogP contribution is 2.31. The molecule has 134 valence electrons. The number of ether oxygens (including phenoxy) is 2. The van der Waals surface area contributed by atoms with E-state index < -0.39 is 55.2 Å². The number of aliphatic hydroxyl groups excluding tert-OH is 4. The van der Waals surface area contributed by atoms with E-state index in [1.165, 1.54) is 13.8 Å². The first-order valence-electron chi connectivity index (χ1n) is 7.15. The van der Waals surface area contributed by atoms with Crippen LogP contribution in [0.25, 0.3) is 0 Å². The van der Waals surface area contributed by atoms with Gasteiger partial charge in [-0.3, -0.25) is 0 Å². The van der Waals surface area contributed by atoms with Gasteiger partial charge in [-0.1, -0.05) is 12.2 Å². The first-order chi connectivity index (χ1) is 10.7. The van der Waals surface area contributed by atoms with Gasteiger partial charge in [-0.05, 0) is 13.8 Å².